The number of aryl methyl sites for hydroxylation is 1. The van der Waals surface area contributed by atoms with E-state index in [0.717, 1.165) is 16.5 Å². The first-order valence-corrected chi connectivity index (χ1v) is 9.30. The van der Waals surface area contributed by atoms with Crippen molar-refractivity contribution < 1.29 is 9.59 Å². The molecule has 0 unspecified atom stereocenters. The number of fused-ring (bicyclic) bond motifs is 1. The van der Waals surface area contributed by atoms with Gasteiger partial charge in [-0.2, -0.15) is 0 Å². The average Bonchev–Trinajstić information content (AvgIpc) is 3.21. The van der Waals surface area contributed by atoms with Crippen LogP contribution in [0.1, 0.15) is 29.5 Å². The van der Waals surface area contributed by atoms with Gasteiger partial charge in [0.2, 0.25) is 11.7 Å². The summed E-state index contributed by atoms with van der Waals surface area (Å²) in [5.74, 6) is 5.63. The number of aromatic nitrogens is 3. The molecule has 1 fully saturated rings. The largest absolute Gasteiger partial charge is 0.363 e. The summed E-state index contributed by atoms with van der Waals surface area (Å²) in [6.45, 7) is 2.60. The molecule has 146 valence electrons. The summed E-state index contributed by atoms with van der Waals surface area (Å²) in [7, 11) is 3.65. The first-order valence-electron chi connectivity index (χ1n) is 9.30. The lowest BCUT2D eigenvalue weighted by molar-refractivity contribution is -0.131. The van der Waals surface area contributed by atoms with Crippen LogP contribution in [0.3, 0.4) is 0 Å². The minimum absolute atomic E-state index is 0.0297. The lowest BCUT2D eigenvalue weighted by Crippen LogP contribution is -2.28. The minimum atomic E-state index is -0.679. The first-order chi connectivity index (χ1) is 13.8. The van der Waals surface area contributed by atoms with Crippen molar-refractivity contribution in [2.24, 2.45) is 18.2 Å². The molecule has 0 radical (unpaired) electrons. The summed E-state index contributed by atoms with van der Waals surface area (Å²) < 4.78 is 1.82. The summed E-state index contributed by atoms with van der Waals surface area (Å²) in [5, 5.41) is 0.821. The van der Waals surface area contributed by atoms with Crippen LogP contribution in [0.5, 0.6) is 0 Å². The highest BCUT2D eigenvalue weighted by molar-refractivity contribution is 5.96. The molecule has 4 rings (SSSR count). The molecule has 0 spiro atoms. The van der Waals surface area contributed by atoms with Crippen molar-refractivity contribution in [2.75, 3.05) is 13.6 Å². The number of benzene rings is 1. The smallest absolute Gasteiger partial charge is 0.286 e. The van der Waals surface area contributed by atoms with Crippen LogP contribution in [0.2, 0.25) is 0 Å². The Kier molecular flexibility index (Phi) is 4.35. The van der Waals surface area contributed by atoms with Crippen LogP contribution in [0.25, 0.3) is 22.3 Å². The van der Waals surface area contributed by atoms with E-state index in [2.05, 4.69) is 21.8 Å². The molecule has 2 amide bonds. The standard InChI is InChI=1S/C22H21N5O2/c1-22(10-12-27(3)21(22)29)9-7-14-5-4-6-15(13-14)17-16-8-11-26(2)20(16)25-19(24-17)18(23)28/h4-6,8,11,13H,10,12H2,1-3H3,(H2,23,28)/t22-/m1/s1. The Morgan fingerprint density at radius 1 is 1.24 bits per heavy atom. The Morgan fingerprint density at radius 2 is 2.03 bits per heavy atom. The van der Waals surface area contributed by atoms with Gasteiger partial charge in [-0.3, -0.25) is 9.59 Å². The fourth-order valence-corrected chi connectivity index (χ4v) is 3.56. The van der Waals surface area contributed by atoms with E-state index in [9.17, 15) is 9.59 Å². The third-order valence-electron chi connectivity index (χ3n) is 5.33. The van der Waals surface area contributed by atoms with Crippen molar-refractivity contribution in [3.63, 3.8) is 0 Å². The van der Waals surface area contributed by atoms with Crippen LogP contribution in [0.15, 0.2) is 36.5 Å². The number of hydrogen-bond donors (Lipinski definition) is 1. The molecule has 3 heterocycles. The fraction of sp³-hybridized carbons (Fsp3) is 0.273. The van der Waals surface area contributed by atoms with Crippen LogP contribution in [-0.2, 0) is 11.8 Å². The second kappa shape index (κ2) is 6.74. The van der Waals surface area contributed by atoms with Crippen LogP contribution in [-0.4, -0.2) is 44.8 Å². The predicted octanol–water partition coefficient (Wildman–Crippen LogP) is 1.95. The van der Waals surface area contributed by atoms with Gasteiger partial charge in [-0.1, -0.05) is 24.0 Å². The average molecular weight is 387 g/mol. The summed E-state index contributed by atoms with van der Waals surface area (Å²) in [5.41, 5.74) is 7.59. The Balaban J connectivity index is 1.79. The Morgan fingerprint density at radius 3 is 2.72 bits per heavy atom. The van der Waals surface area contributed by atoms with E-state index in [4.69, 9.17) is 5.73 Å². The van der Waals surface area contributed by atoms with E-state index in [1.165, 1.54) is 0 Å². The third-order valence-corrected chi connectivity index (χ3v) is 5.33. The molecule has 7 nitrogen and oxygen atoms in total. The number of amides is 2. The van der Waals surface area contributed by atoms with Gasteiger partial charge in [0, 0.05) is 43.4 Å². The van der Waals surface area contributed by atoms with E-state index >= 15 is 0 Å². The van der Waals surface area contributed by atoms with Gasteiger partial charge >= 0.3 is 0 Å². The molecule has 2 N–H and O–H groups in total. The second-order valence-electron chi connectivity index (χ2n) is 7.56. The molecular weight excluding hydrogens is 366 g/mol. The highest BCUT2D eigenvalue weighted by Crippen LogP contribution is 2.30. The maximum Gasteiger partial charge on any atom is 0.286 e. The Bertz CT molecular complexity index is 1220. The van der Waals surface area contributed by atoms with Crippen LogP contribution in [0, 0.1) is 17.3 Å². The van der Waals surface area contributed by atoms with Crippen molar-refractivity contribution in [2.45, 2.75) is 13.3 Å². The van der Waals surface area contributed by atoms with Gasteiger partial charge in [-0.05, 0) is 31.5 Å². The van der Waals surface area contributed by atoms with Crippen molar-refractivity contribution >= 4 is 22.8 Å². The Hall–Kier alpha value is -3.66. The maximum absolute atomic E-state index is 12.3. The summed E-state index contributed by atoms with van der Waals surface area (Å²) in [6, 6.07) is 9.48. The summed E-state index contributed by atoms with van der Waals surface area (Å²) in [4.78, 5) is 34.4. The highest BCUT2D eigenvalue weighted by Gasteiger charge is 2.39. The van der Waals surface area contributed by atoms with E-state index < -0.39 is 11.3 Å². The lowest BCUT2D eigenvalue weighted by atomic mass is 9.89. The van der Waals surface area contributed by atoms with E-state index in [0.29, 0.717) is 24.3 Å². The van der Waals surface area contributed by atoms with Gasteiger partial charge in [0.05, 0.1) is 5.69 Å². The molecular formula is C22H21N5O2. The quantitative estimate of drug-likeness (QED) is 0.680. The molecule has 0 bridgehead atoms. The van der Waals surface area contributed by atoms with Crippen molar-refractivity contribution in [3.05, 3.63) is 47.9 Å². The molecule has 1 saturated heterocycles. The van der Waals surface area contributed by atoms with E-state index in [1.54, 1.807) is 11.9 Å². The fourth-order valence-electron chi connectivity index (χ4n) is 3.56. The first kappa shape index (κ1) is 18.7. The molecule has 1 aliphatic heterocycles. The number of likely N-dealkylation sites (tertiary alicyclic amines) is 1. The topological polar surface area (TPSA) is 94.1 Å². The maximum atomic E-state index is 12.3. The molecule has 0 saturated carbocycles. The molecule has 1 aromatic carbocycles. The third kappa shape index (κ3) is 3.23. The SMILES string of the molecule is CN1CC[C@@](C)(C#Cc2cccc(-c3nc(C(N)=O)nc4c3ccn4C)c2)C1=O. The van der Waals surface area contributed by atoms with Gasteiger partial charge in [0.1, 0.15) is 11.1 Å². The molecule has 1 aliphatic rings. The zero-order valence-corrected chi connectivity index (χ0v) is 16.6. The number of rotatable bonds is 2. The van der Waals surface area contributed by atoms with E-state index in [1.807, 2.05) is 55.1 Å². The molecule has 0 aliphatic carbocycles. The number of carbonyl (C=O) groups excluding carboxylic acids is 2. The van der Waals surface area contributed by atoms with Gasteiger partial charge in [0.15, 0.2) is 0 Å². The van der Waals surface area contributed by atoms with Crippen LogP contribution in [0.4, 0.5) is 0 Å². The van der Waals surface area contributed by atoms with Gasteiger partial charge in [-0.25, -0.2) is 9.97 Å². The highest BCUT2D eigenvalue weighted by atomic mass is 16.2. The predicted molar refractivity (Wildman–Crippen MR) is 110 cm³/mol. The van der Waals surface area contributed by atoms with Crippen LogP contribution >= 0.6 is 0 Å². The Labute approximate surface area is 168 Å². The van der Waals surface area contributed by atoms with Crippen molar-refractivity contribution in [3.8, 4) is 23.1 Å². The van der Waals surface area contributed by atoms with Crippen molar-refractivity contribution in [1.29, 1.82) is 0 Å². The second-order valence-corrected chi connectivity index (χ2v) is 7.56. The lowest BCUT2D eigenvalue weighted by Gasteiger charge is -2.14. The summed E-state index contributed by atoms with van der Waals surface area (Å²) >= 11 is 0. The van der Waals surface area contributed by atoms with Gasteiger partial charge in [-0.15, -0.1) is 0 Å². The molecule has 29 heavy (non-hydrogen) atoms. The van der Waals surface area contributed by atoms with Gasteiger partial charge < -0.3 is 15.2 Å². The number of hydrogen-bond acceptors (Lipinski definition) is 4. The van der Waals surface area contributed by atoms with E-state index in [-0.39, 0.29) is 11.7 Å². The normalized spacial score (nSPS) is 18.7. The molecule has 7 heteroatoms. The minimum Gasteiger partial charge on any atom is -0.363 e. The van der Waals surface area contributed by atoms with Crippen LogP contribution < -0.4 is 5.73 Å². The molecule has 3 aromatic rings. The number of carbonyl (C=O) groups is 2. The number of nitrogens with zero attached hydrogens (tertiary/aromatic N) is 4. The summed E-state index contributed by atoms with van der Waals surface area (Å²) in [6.07, 6.45) is 2.58. The zero-order chi connectivity index (χ0) is 20.8. The zero-order valence-electron chi connectivity index (χ0n) is 16.6. The molecule has 2 aromatic heterocycles. The van der Waals surface area contributed by atoms with Crippen molar-refractivity contribution in [1.82, 2.24) is 19.4 Å². The molecule has 1 atom stereocenters. The number of nitrogens with two attached hydrogens (primary N) is 1. The van der Waals surface area contributed by atoms with Gasteiger partial charge in [0.25, 0.3) is 5.91 Å². The number of primary amides is 1. The monoisotopic (exact) mass is 387 g/mol.